The van der Waals surface area contributed by atoms with Crippen molar-refractivity contribution in [3.63, 3.8) is 0 Å². The molecule has 0 fully saturated rings. The van der Waals surface area contributed by atoms with Crippen LogP contribution in [0.5, 0.6) is 5.75 Å². The molecule has 2 aromatic rings. The molecule has 1 aliphatic heterocycles. The number of hydrogen-bond donors (Lipinski definition) is 1. The molecule has 0 bridgehead atoms. The number of aryl methyl sites for hydroxylation is 1. The van der Waals surface area contributed by atoms with Crippen LogP contribution in [0.4, 0.5) is 4.39 Å². The molecule has 0 aromatic heterocycles. The minimum Gasteiger partial charge on any atom is -0.493 e. The predicted octanol–water partition coefficient (Wildman–Crippen LogP) is 3.93. The van der Waals surface area contributed by atoms with Crippen LogP contribution >= 0.6 is 0 Å². The molecule has 1 aliphatic rings. The van der Waals surface area contributed by atoms with E-state index in [9.17, 15) is 4.39 Å². The quantitative estimate of drug-likeness (QED) is 0.919. The molecule has 110 valence electrons. The summed E-state index contributed by atoms with van der Waals surface area (Å²) in [6.07, 6.45) is 2.08. The molecule has 0 amide bonds. The Labute approximate surface area is 125 Å². The van der Waals surface area contributed by atoms with Gasteiger partial charge in [0.05, 0.1) is 6.61 Å². The van der Waals surface area contributed by atoms with Gasteiger partial charge in [-0.25, -0.2) is 4.39 Å². The number of ether oxygens (including phenoxy) is 1. The average Bonchev–Trinajstić information content (AvgIpc) is 2.53. The van der Waals surface area contributed by atoms with Crippen LogP contribution in [0.1, 0.15) is 24.5 Å². The molecule has 1 N–H and O–H groups in total. The maximum absolute atomic E-state index is 14.1. The number of benzene rings is 2. The summed E-state index contributed by atoms with van der Waals surface area (Å²) < 4.78 is 19.8. The Morgan fingerprint density at radius 1 is 1.14 bits per heavy atom. The van der Waals surface area contributed by atoms with Gasteiger partial charge in [0.1, 0.15) is 11.6 Å². The summed E-state index contributed by atoms with van der Waals surface area (Å²) in [4.78, 5) is 0. The van der Waals surface area contributed by atoms with Crippen molar-refractivity contribution < 1.29 is 9.13 Å². The summed E-state index contributed by atoms with van der Waals surface area (Å²) in [6, 6.07) is 11.6. The molecule has 21 heavy (non-hydrogen) atoms. The SMILES string of the molecule is CCNCc1ccc(-c2ccc3c(c2)CCCO3)cc1F. The highest BCUT2D eigenvalue weighted by Crippen LogP contribution is 2.30. The Bertz CT molecular complexity index is 639. The zero-order chi connectivity index (χ0) is 14.7. The number of hydrogen-bond acceptors (Lipinski definition) is 2. The van der Waals surface area contributed by atoms with E-state index in [1.165, 1.54) is 5.56 Å². The average molecular weight is 285 g/mol. The van der Waals surface area contributed by atoms with Crippen molar-refractivity contribution in [1.29, 1.82) is 0 Å². The van der Waals surface area contributed by atoms with Crippen LogP contribution in [0, 0.1) is 5.82 Å². The van der Waals surface area contributed by atoms with Gasteiger partial charge in [-0.15, -0.1) is 0 Å². The molecule has 3 rings (SSSR count). The lowest BCUT2D eigenvalue weighted by Gasteiger charge is -2.18. The third-order valence-electron chi connectivity index (χ3n) is 3.86. The molecule has 3 heteroatoms. The Morgan fingerprint density at radius 2 is 1.95 bits per heavy atom. The van der Waals surface area contributed by atoms with Crippen molar-refractivity contribution in [3.05, 3.63) is 53.3 Å². The molecule has 0 saturated heterocycles. The van der Waals surface area contributed by atoms with Gasteiger partial charge in [0.15, 0.2) is 0 Å². The first kappa shape index (κ1) is 14.1. The van der Waals surface area contributed by atoms with Crippen molar-refractivity contribution in [2.24, 2.45) is 0 Å². The lowest BCUT2D eigenvalue weighted by Crippen LogP contribution is -2.12. The summed E-state index contributed by atoms with van der Waals surface area (Å²) in [6.45, 7) is 4.22. The fourth-order valence-electron chi connectivity index (χ4n) is 2.67. The molecule has 1 heterocycles. The minimum absolute atomic E-state index is 0.151. The predicted molar refractivity (Wildman–Crippen MR) is 83.0 cm³/mol. The van der Waals surface area contributed by atoms with Crippen LogP contribution in [-0.4, -0.2) is 13.2 Å². The zero-order valence-corrected chi connectivity index (χ0v) is 12.3. The van der Waals surface area contributed by atoms with E-state index in [0.29, 0.717) is 12.1 Å². The van der Waals surface area contributed by atoms with Crippen molar-refractivity contribution in [1.82, 2.24) is 5.32 Å². The van der Waals surface area contributed by atoms with Crippen LogP contribution in [0.2, 0.25) is 0 Å². The molecule has 0 radical (unpaired) electrons. The van der Waals surface area contributed by atoms with Gasteiger partial charge in [0.25, 0.3) is 0 Å². The second kappa shape index (κ2) is 6.27. The standard InChI is InChI=1S/C18H20FNO/c1-2-20-12-16-6-5-14(11-17(16)19)13-7-8-18-15(10-13)4-3-9-21-18/h5-8,10-11,20H,2-4,9,12H2,1H3. The largest absolute Gasteiger partial charge is 0.493 e. The van der Waals surface area contributed by atoms with E-state index in [-0.39, 0.29) is 5.82 Å². The Balaban J connectivity index is 1.88. The molecule has 0 spiro atoms. The molecule has 2 aromatic carbocycles. The number of halogens is 1. The summed E-state index contributed by atoms with van der Waals surface area (Å²) in [5.74, 6) is 0.816. The summed E-state index contributed by atoms with van der Waals surface area (Å²) in [7, 11) is 0. The molecule has 0 aliphatic carbocycles. The number of nitrogens with one attached hydrogen (secondary N) is 1. The van der Waals surface area contributed by atoms with Gasteiger partial charge in [0.2, 0.25) is 0 Å². The molecular formula is C18H20FNO. The lowest BCUT2D eigenvalue weighted by molar-refractivity contribution is 0.288. The highest BCUT2D eigenvalue weighted by Gasteiger charge is 2.12. The normalized spacial score (nSPS) is 13.6. The first-order valence-electron chi connectivity index (χ1n) is 7.53. The fourth-order valence-corrected chi connectivity index (χ4v) is 2.67. The Hall–Kier alpha value is -1.87. The summed E-state index contributed by atoms with van der Waals surface area (Å²) in [5, 5.41) is 3.15. The maximum Gasteiger partial charge on any atom is 0.128 e. The first-order valence-corrected chi connectivity index (χ1v) is 7.53. The molecule has 0 atom stereocenters. The van der Waals surface area contributed by atoms with Crippen LogP contribution in [0.3, 0.4) is 0 Å². The lowest BCUT2D eigenvalue weighted by atomic mass is 9.98. The second-order valence-corrected chi connectivity index (χ2v) is 5.36. The van der Waals surface area contributed by atoms with E-state index in [4.69, 9.17) is 4.74 Å². The Morgan fingerprint density at radius 3 is 2.76 bits per heavy atom. The monoisotopic (exact) mass is 285 g/mol. The Kier molecular flexibility index (Phi) is 4.20. The summed E-state index contributed by atoms with van der Waals surface area (Å²) in [5.41, 5.74) is 3.90. The van der Waals surface area contributed by atoms with Crippen LogP contribution < -0.4 is 10.1 Å². The summed E-state index contributed by atoms with van der Waals surface area (Å²) >= 11 is 0. The van der Waals surface area contributed by atoms with E-state index in [0.717, 1.165) is 42.9 Å². The van der Waals surface area contributed by atoms with Gasteiger partial charge in [-0.05, 0) is 54.3 Å². The zero-order valence-electron chi connectivity index (χ0n) is 12.3. The van der Waals surface area contributed by atoms with Crippen molar-refractivity contribution in [3.8, 4) is 16.9 Å². The molecule has 2 nitrogen and oxygen atoms in total. The first-order chi connectivity index (χ1) is 10.3. The van der Waals surface area contributed by atoms with Gasteiger partial charge >= 0.3 is 0 Å². The second-order valence-electron chi connectivity index (χ2n) is 5.36. The van der Waals surface area contributed by atoms with E-state index in [2.05, 4.69) is 11.4 Å². The van der Waals surface area contributed by atoms with Gasteiger partial charge in [-0.3, -0.25) is 0 Å². The molecular weight excluding hydrogens is 265 g/mol. The van der Waals surface area contributed by atoms with E-state index in [1.807, 2.05) is 31.2 Å². The highest BCUT2D eigenvalue weighted by molar-refractivity contribution is 5.66. The number of rotatable bonds is 4. The third kappa shape index (κ3) is 3.08. The van der Waals surface area contributed by atoms with Gasteiger partial charge in [0, 0.05) is 12.1 Å². The van der Waals surface area contributed by atoms with E-state index in [1.54, 1.807) is 6.07 Å². The van der Waals surface area contributed by atoms with Gasteiger partial charge < -0.3 is 10.1 Å². The van der Waals surface area contributed by atoms with Crippen LogP contribution in [-0.2, 0) is 13.0 Å². The van der Waals surface area contributed by atoms with Crippen molar-refractivity contribution in [2.45, 2.75) is 26.3 Å². The molecule has 0 saturated carbocycles. The van der Waals surface area contributed by atoms with Crippen LogP contribution in [0.25, 0.3) is 11.1 Å². The third-order valence-corrected chi connectivity index (χ3v) is 3.86. The van der Waals surface area contributed by atoms with Crippen LogP contribution in [0.15, 0.2) is 36.4 Å². The smallest absolute Gasteiger partial charge is 0.128 e. The van der Waals surface area contributed by atoms with E-state index < -0.39 is 0 Å². The minimum atomic E-state index is -0.151. The van der Waals surface area contributed by atoms with Crippen molar-refractivity contribution >= 4 is 0 Å². The fraction of sp³-hybridized carbons (Fsp3) is 0.333. The van der Waals surface area contributed by atoms with Crippen molar-refractivity contribution in [2.75, 3.05) is 13.2 Å². The number of fused-ring (bicyclic) bond motifs is 1. The topological polar surface area (TPSA) is 21.3 Å². The van der Waals surface area contributed by atoms with E-state index >= 15 is 0 Å². The maximum atomic E-state index is 14.1. The highest BCUT2D eigenvalue weighted by atomic mass is 19.1. The molecule has 0 unspecified atom stereocenters. The van der Waals surface area contributed by atoms with Gasteiger partial charge in [-0.1, -0.05) is 25.1 Å². The van der Waals surface area contributed by atoms with Gasteiger partial charge in [-0.2, -0.15) is 0 Å².